The maximum Gasteiger partial charge on any atom is 2.00 e. The molecule has 0 bridgehead atoms. The van der Waals surface area contributed by atoms with Gasteiger partial charge in [-0.25, -0.2) is 0 Å². The van der Waals surface area contributed by atoms with E-state index < -0.39 is 0 Å². The maximum atomic E-state index is 5.23. The molecular weight excluding hydrogens is 687 g/mol. The van der Waals surface area contributed by atoms with Gasteiger partial charge in [-0.15, -0.1) is 69.1 Å². The van der Waals surface area contributed by atoms with Gasteiger partial charge >= 0.3 is 26.2 Å². The molecule has 0 radical (unpaired) electrons. The smallest absolute Gasteiger partial charge is 1.00 e. The van der Waals surface area contributed by atoms with Gasteiger partial charge in [0.15, 0.2) is 0 Å². The number of hydrogen-bond donors (Lipinski definition) is 0. The van der Waals surface area contributed by atoms with Crippen molar-refractivity contribution in [2.75, 3.05) is 14.2 Å². The van der Waals surface area contributed by atoms with Crippen LogP contribution in [0.2, 0.25) is 0 Å². The van der Waals surface area contributed by atoms with Crippen LogP contribution in [0.3, 0.4) is 0 Å². The molecule has 0 saturated heterocycles. The zero-order valence-electron chi connectivity index (χ0n) is 27.7. The molecule has 46 heavy (non-hydrogen) atoms. The minimum absolute atomic E-state index is 0. The summed E-state index contributed by atoms with van der Waals surface area (Å²) in [6.45, 7) is 15.7. The number of methoxy groups -OCH3 is 2. The number of halogens is 2. The number of fused-ring (bicyclic) bond motifs is 2. The van der Waals surface area contributed by atoms with Gasteiger partial charge in [0.2, 0.25) is 0 Å². The van der Waals surface area contributed by atoms with Crippen molar-refractivity contribution in [2.24, 2.45) is 0 Å². The minimum atomic E-state index is 0. The van der Waals surface area contributed by atoms with Gasteiger partial charge < -0.3 is 54.6 Å². The van der Waals surface area contributed by atoms with Crippen molar-refractivity contribution < 1.29 is 60.5 Å². The zero-order chi connectivity index (χ0) is 30.9. The van der Waals surface area contributed by atoms with Gasteiger partial charge in [-0.05, 0) is 47.2 Å². The van der Waals surface area contributed by atoms with E-state index in [1.54, 1.807) is 14.2 Å². The van der Waals surface area contributed by atoms with Crippen molar-refractivity contribution in [3.05, 3.63) is 134 Å². The Morgan fingerprint density at radius 1 is 0.565 bits per heavy atom. The van der Waals surface area contributed by atoms with Crippen LogP contribution in [0.5, 0.6) is 11.5 Å². The van der Waals surface area contributed by atoms with Crippen LogP contribution in [0.25, 0.3) is 43.8 Å². The van der Waals surface area contributed by atoms with Crippen molar-refractivity contribution in [3.63, 3.8) is 0 Å². The summed E-state index contributed by atoms with van der Waals surface area (Å²) in [4.78, 5) is 0. The third kappa shape index (κ3) is 10.1. The van der Waals surface area contributed by atoms with Crippen LogP contribution in [-0.2, 0) is 26.2 Å². The van der Waals surface area contributed by atoms with E-state index in [1.165, 1.54) is 54.9 Å². The molecule has 0 fully saturated rings. The van der Waals surface area contributed by atoms with Gasteiger partial charge in [-0.1, -0.05) is 75.2 Å². The molecule has 0 unspecified atom stereocenters. The summed E-state index contributed by atoms with van der Waals surface area (Å²) >= 11 is 0. The summed E-state index contributed by atoms with van der Waals surface area (Å²) in [7, 11) is 3.39. The van der Waals surface area contributed by atoms with E-state index in [1.807, 2.05) is 24.3 Å². The monoisotopic (exact) mass is 728 g/mol. The average Bonchev–Trinajstić information content (AvgIpc) is 3.67. The quantitative estimate of drug-likeness (QED) is 0.203. The molecule has 0 N–H and O–H groups in total. The Hall–Kier alpha value is -2.84. The molecule has 0 aromatic heterocycles. The van der Waals surface area contributed by atoms with E-state index in [4.69, 9.17) is 9.47 Å². The van der Waals surface area contributed by atoms with Crippen molar-refractivity contribution in [1.29, 1.82) is 0 Å². The average molecular weight is 731 g/mol. The standard InChI is InChI=1S/2C19H19O.C3H6.2ClH.Zr/c2*1-13(2)16-11-15-5-4-6-18(19(15)12-16)14-7-9-17(20-3)10-8-14;1-3-2;;;/h2*4-13H,1-3H3;1-3H2;2*1H;/q2*-1;-2;;;+2/p-2. The molecule has 0 atom stereocenters. The predicted molar refractivity (Wildman–Crippen MR) is 187 cm³/mol. The Balaban J connectivity index is 0.000000400. The third-order valence-electron chi connectivity index (χ3n) is 7.68. The molecule has 0 aliphatic rings. The number of hydrogen-bond acceptors (Lipinski definition) is 2. The second kappa shape index (κ2) is 19.7. The van der Waals surface area contributed by atoms with Crippen LogP contribution in [0.15, 0.2) is 109 Å². The Morgan fingerprint density at radius 3 is 1.17 bits per heavy atom. The van der Waals surface area contributed by atoms with E-state index in [0.717, 1.165) is 17.9 Å². The number of benzene rings is 4. The number of rotatable bonds is 6. The Morgan fingerprint density at radius 2 is 0.891 bits per heavy atom. The Kier molecular flexibility index (Phi) is 17.7. The summed E-state index contributed by atoms with van der Waals surface area (Å²) in [6, 6.07) is 38.8. The summed E-state index contributed by atoms with van der Waals surface area (Å²) in [5.41, 5.74) is 7.85. The Bertz CT molecular complexity index is 1600. The van der Waals surface area contributed by atoms with E-state index in [-0.39, 0.29) is 51.0 Å². The van der Waals surface area contributed by atoms with Crippen molar-refractivity contribution in [2.45, 2.75) is 46.0 Å². The molecule has 0 aliphatic heterocycles. The maximum absolute atomic E-state index is 5.23. The summed E-state index contributed by atoms with van der Waals surface area (Å²) in [6.07, 6.45) is 0.750. The first kappa shape index (κ1) is 41.2. The fourth-order valence-corrected chi connectivity index (χ4v) is 5.23. The van der Waals surface area contributed by atoms with Crippen molar-refractivity contribution in [1.82, 2.24) is 0 Å². The van der Waals surface area contributed by atoms with Gasteiger partial charge in [-0.2, -0.15) is 12.1 Å². The van der Waals surface area contributed by atoms with Crippen LogP contribution in [0, 0.1) is 13.8 Å². The molecule has 242 valence electrons. The van der Waals surface area contributed by atoms with Crippen LogP contribution in [0.1, 0.15) is 57.1 Å². The second-order valence-electron chi connectivity index (χ2n) is 11.3. The van der Waals surface area contributed by atoms with Gasteiger partial charge in [0.05, 0.1) is 14.2 Å². The van der Waals surface area contributed by atoms with Gasteiger partial charge in [0.25, 0.3) is 0 Å². The van der Waals surface area contributed by atoms with Gasteiger partial charge in [0, 0.05) is 0 Å². The molecule has 0 saturated carbocycles. The van der Waals surface area contributed by atoms with E-state index >= 15 is 0 Å². The van der Waals surface area contributed by atoms with Gasteiger partial charge in [-0.3, -0.25) is 0 Å². The molecule has 2 nitrogen and oxygen atoms in total. The predicted octanol–water partition coefficient (Wildman–Crippen LogP) is 5.77. The Labute approximate surface area is 308 Å². The molecule has 5 heteroatoms. The first-order valence-corrected chi connectivity index (χ1v) is 15.1. The molecule has 0 heterocycles. The van der Waals surface area contributed by atoms with Crippen LogP contribution < -0.4 is 34.3 Å². The first-order chi connectivity index (χ1) is 20.8. The van der Waals surface area contributed by atoms with Gasteiger partial charge in [0.1, 0.15) is 11.5 Å². The minimum Gasteiger partial charge on any atom is -1.00 e. The molecule has 0 spiro atoms. The number of ether oxygens (including phenoxy) is 2. The fourth-order valence-electron chi connectivity index (χ4n) is 5.23. The molecule has 6 aromatic carbocycles. The zero-order valence-corrected chi connectivity index (χ0v) is 31.7. The topological polar surface area (TPSA) is 18.5 Å². The summed E-state index contributed by atoms with van der Waals surface area (Å²) in [5, 5.41) is 5.31. The van der Waals surface area contributed by atoms with E-state index in [0.29, 0.717) is 11.8 Å². The van der Waals surface area contributed by atoms with Crippen LogP contribution in [0.4, 0.5) is 0 Å². The normalized spacial score (nSPS) is 10.1. The van der Waals surface area contributed by atoms with Crippen LogP contribution >= 0.6 is 0 Å². The van der Waals surface area contributed by atoms with Crippen molar-refractivity contribution >= 4 is 21.5 Å². The van der Waals surface area contributed by atoms with Crippen LogP contribution in [-0.4, -0.2) is 14.2 Å². The SMILES string of the molecule is COc1ccc(-c2cccc3[cH-]c(C(C)C)cc23)cc1.COc1ccc(-c2cccc3[cH-]c(C(C)C)cc23)cc1.[CH2-]C[CH2-].[Cl-].[Cl-].[Zr+2]. The summed E-state index contributed by atoms with van der Waals surface area (Å²) in [5.74, 6) is 2.91. The first-order valence-electron chi connectivity index (χ1n) is 15.1. The summed E-state index contributed by atoms with van der Waals surface area (Å²) < 4.78 is 10.5. The third-order valence-corrected chi connectivity index (χ3v) is 7.68. The largest absolute Gasteiger partial charge is 2.00 e. The fraction of sp³-hybridized carbons (Fsp3) is 0.220. The van der Waals surface area contributed by atoms with E-state index in [2.05, 4.69) is 126 Å². The molecule has 0 aliphatic carbocycles. The molecule has 6 rings (SSSR count). The molecular formula is C41H44Cl2O2Zr-4. The molecule has 0 amide bonds. The second-order valence-corrected chi connectivity index (χ2v) is 11.3. The van der Waals surface area contributed by atoms with Crippen molar-refractivity contribution in [3.8, 4) is 33.8 Å². The molecule has 6 aromatic rings. The van der Waals surface area contributed by atoms with E-state index in [9.17, 15) is 0 Å².